The van der Waals surface area contributed by atoms with Crippen LogP contribution in [0.3, 0.4) is 0 Å². The number of fused-ring (bicyclic) bond motifs is 2. The number of ether oxygens (including phenoxy) is 1. The summed E-state index contributed by atoms with van der Waals surface area (Å²) in [4.78, 5) is 2.75. The molecule has 3 aliphatic rings. The Morgan fingerprint density at radius 2 is 1.86 bits per heavy atom. The van der Waals surface area contributed by atoms with Crippen molar-refractivity contribution in [2.75, 3.05) is 19.8 Å². The van der Waals surface area contributed by atoms with Crippen LogP contribution < -0.4 is 5.32 Å². The van der Waals surface area contributed by atoms with Crippen molar-refractivity contribution >= 4 is 0 Å². The van der Waals surface area contributed by atoms with Gasteiger partial charge in [0.05, 0.1) is 13.2 Å². The van der Waals surface area contributed by atoms with Crippen molar-refractivity contribution in [2.24, 2.45) is 0 Å². The van der Waals surface area contributed by atoms with E-state index in [1.807, 2.05) is 0 Å². The van der Waals surface area contributed by atoms with Gasteiger partial charge in [-0.1, -0.05) is 0 Å². The first-order valence-corrected chi connectivity index (χ1v) is 5.93. The minimum atomic E-state index is 0.710. The van der Waals surface area contributed by atoms with Crippen LogP contribution >= 0.6 is 0 Å². The van der Waals surface area contributed by atoms with Crippen molar-refractivity contribution in [2.45, 2.75) is 50.4 Å². The highest BCUT2D eigenvalue weighted by atomic mass is 16.5. The molecule has 3 aliphatic heterocycles. The number of morpholine rings is 1. The van der Waals surface area contributed by atoms with Crippen molar-refractivity contribution in [1.82, 2.24) is 10.2 Å². The maximum absolute atomic E-state index is 5.61. The van der Waals surface area contributed by atoms with Crippen LogP contribution in [0.25, 0.3) is 0 Å². The molecule has 3 saturated heterocycles. The topological polar surface area (TPSA) is 24.5 Å². The number of hydrogen-bond donors (Lipinski definition) is 1. The molecule has 0 spiro atoms. The van der Waals surface area contributed by atoms with Crippen LogP contribution in [-0.4, -0.2) is 48.8 Å². The van der Waals surface area contributed by atoms with Crippen LogP contribution in [-0.2, 0) is 4.74 Å². The molecule has 3 heteroatoms. The molecule has 2 bridgehead atoms. The van der Waals surface area contributed by atoms with Crippen molar-refractivity contribution in [1.29, 1.82) is 0 Å². The van der Waals surface area contributed by atoms with Crippen LogP contribution in [0.5, 0.6) is 0 Å². The van der Waals surface area contributed by atoms with Gasteiger partial charge in [-0.05, 0) is 26.2 Å². The first-order valence-electron chi connectivity index (χ1n) is 5.93. The third-order valence-corrected chi connectivity index (χ3v) is 4.05. The molecule has 3 heterocycles. The first-order chi connectivity index (χ1) is 6.84. The maximum atomic E-state index is 5.61. The van der Waals surface area contributed by atoms with Gasteiger partial charge < -0.3 is 10.1 Å². The van der Waals surface area contributed by atoms with E-state index < -0.39 is 0 Å². The van der Waals surface area contributed by atoms with Gasteiger partial charge in [-0.15, -0.1) is 0 Å². The van der Waals surface area contributed by atoms with E-state index in [0.29, 0.717) is 6.04 Å². The average Bonchev–Trinajstić information content (AvgIpc) is 2.68. The number of nitrogens with zero attached hydrogens (tertiary/aromatic N) is 1. The van der Waals surface area contributed by atoms with Gasteiger partial charge in [0.2, 0.25) is 0 Å². The van der Waals surface area contributed by atoms with Crippen LogP contribution in [0.2, 0.25) is 0 Å². The van der Waals surface area contributed by atoms with Gasteiger partial charge in [0.25, 0.3) is 0 Å². The lowest BCUT2D eigenvalue weighted by Gasteiger charge is -2.38. The van der Waals surface area contributed by atoms with E-state index in [1.54, 1.807) is 0 Å². The lowest BCUT2D eigenvalue weighted by molar-refractivity contribution is -0.0327. The predicted octanol–water partition coefficient (Wildman–Crippen LogP) is 0.600. The third-order valence-electron chi connectivity index (χ3n) is 4.05. The molecule has 0 aliphatic carbocycles. The summed E-state index contributed by atoms with van der Waals surface area (Å²) in [7, 11) is 0. The number of nitrogens with one attached hydrogen (secondary N) is 1. The molecule has 14 heavy (non-hydrogen) atoms. The summed E-state index contributed by atoms with van der Waals surface area (Å²) in [6.07, 6.45) is 4.04. The summed E-state index contributed by atoms with van der Waals surface area (Å²) in [5, 5.41) is 3.55. The Morgan fingerprint density at radius 3 is 2.43 bits per heavy atom. The molecule has 0 radical (unpaired) electrons. The van der Waals surface area contributed by atoms with Crippen molar-refractivity contribution in [3.05, 3.63) is 0 Å². The second-order valence-electron chi connectivity index (χ2n) is 5.07. The molecule has 3 rings (SSSR count). The lowest BCUT2D eigenvalue weighted by Crippen LogP contribution is -2.51. The Hall–Kier alpha value is -0.120. The Bertz CT molecular complexity index is 205. The number of rotatable bonds is 1. The lowest BCUT2D eigenvalue weighted by atomic mass is 10.1. The number of hydrogen-bond acceptors (Lipinski definition) is 3. The van der Waals surface area contributed by atoms with Gasteiger partial charge in [0.15, 0.2) is 0 Å². The van der Waals surface area contributed by atoms with Crippen LogP contribution in [0.15, 0.2) is 0 Å². The Morgan fingerprint density at radius 1 is 1.14 bits per heavy atom. The minimum absolute atomic E-state index is 0.710. The molecule has 4 unspecified atom stereocenters. The van der Waals surface area contributed by atoms with E-state index in [-0.39, 0.29) is 0 Å². The molecule has 3 nitrogen and oxygen atoms in total. The van der Waals surface area contributed by atoms with E-state index in [4.69, 9.17) is 4.74 Å². The molecule has 3 fully saturated rings. The van der Waals surface area contributed by atoms with Gasteiger partial charge in [-0.2, -0.15) is 0 Å². The van der Waals surface area contributed by atoms with E-state index >= 15 is 0 Å². The quantitative estimate of drug-likeness (QED) is 0.664. The predicted molar refractivity (Wildman–Crippen MR) is 55.3 cm³/mol. The van der Waals surface area contributed by atoms with Gasteiger partial charge >= 0.3 is 0 Å². The Labute approximate surface area is 85.8 Å². The van der Waals surface area contributed by atoms with Gasteiger partial charge in [0, 0.05) is 30.7 Å². The normalized spacial score (nSPS) is 48.6. The van der Waals surface area contributed by atoms with Crippen molar-refractivity contribution in [3.63, 3.8) is 0 Å². The van der Waals surface area contributed by atoms with Crippen LogP contribution in [0.1, 0.15) is 26.2 Å². The summed E-state index contributed by atoms with van der Waals surface area (Å²) < 4.78 is 5.61. The van der Waals surface area contributed by atoms with Crippen LogP contribution in [0, 0.1) is 0 Å². The summed E-state index contributed by atoms with van der Waals surface area (Å²) in [6, 6.07) is 2.95. The largest absolute Gasteiger partial charge is 0.378 e. The van der Waals surface area contributed by atoms with E-state index in [2.05, 4.69) is 17.1 Å². The molecule has 4 atom stereocenters. The van der Waals surface area contributed by atoms with Gasteiger partial charge in [-0.3, -0.25) is 4.90 Å². The molecular formula is C11H20N2O. The Kier molecular flexibility index (Phi) is 2.26. The van der Waals surface area contributed by atoms with E-state index in [9.17, 15) is 0 Å². The molecule has 0 aromatic heterocycles. The zero-order chi connectivity index (χ0) is 9.54. The summed E-state index contributed by atoms with van der Waals surface area (Å²) in [5.41, 5.74) is 0. The fraction of sp³-hybridized carbons (Fsp3) is 1.00. The monoisotopic (exact) mass is 196 g/mol. The van der Waals surface area contributed by atoms with E-state index in [0.717, 1.165) is 31.3 Å². The summed E-state index contributed by atoms with van der Waals surface area (Å²) >= 11 is 0. The Balaban J connectivity index is 1.72. The molecule has 1 N–H and O–H groups in total. The standard InChI is InChI=1S/C11H20N2O/c1-8-4-11(5-12-8)13-9-2-3-10(13)7-14-6-9/h8-12H,2-7H2,1H3. The highest BCUT2D eigenvalue weighted by Gasteiger charge is 2.42. The SMILES string of the molecule is CC1CC(N2C3CCC2COC3)CN1. The van der Waals surface area contributed by atoms with E-state index in [1.165, 1.54) is 25.8 Å². The average molecular weight is 196 g/mol. The van der Waals surface area contributed by atoms with Crippen molar-refractivity contribution in [3.8, 4) is 0 Å². The summed E-state index contributed by atoms with van der Waals surface area (Å²) in [5.74, 6) is 0. The third kappa shape index (κ3) is 1.38. The molecule has 80 valence electrons. The minimum Gasteiger partial charge on any atom is -0.378 e. The molecule has 0 aromatic carbocycles. The molecule has 0 amide bonds. The van der Waals surface area contributed by atoms with Crippen molar-refractivity contribution < 1.29 is 4.74 Å². The zero-order valence-electron chi connectivity index (χ0n) is 8.91. The molecule has 0 saturated carbocycles. The first kappa shape index (κ1) is 9.13. The molecular weight excluding hydrogens is 176 g/mol. The van der Waals surface area contributed by atoms with Crippen LogP contribution in [0.4, 0.5) is 0 Å². The van der Waals surface area contributed by atoms with Gasteiger partial charge in [-0.25, -0.2) is 0 Å². The summed E-state index contributed by atoms with van der Waals surface area (Å²) in [6.45, 7) is 5.43. The smallest absolute Gasteiger partial charge is 0.0622 e. The zero-order valence-corrected chi connectivity index (χ0v) is 8.91. The highest BCUT2D eigenvalue weighted by molar-refractivity contribution is 4.98. The highest BCUT2D eigenvalue weighted by Crippen LogP contribution is 2.32. The molecule has 0 aromatic rings. The maximum Gasteiger partial charge on any atom is 0.0622 e. The second kappa shape index (κ2) is 3.47. The second-order valence-corrected chi connectivity index (χ2v) is 5.07. The van der Waals surface area contributed by atoms with Gasteiger partial charge in [0.1, 0.15) is 0 Å². The fourth-order valence-corrected chi connectivity index (χ4v) is 3.40. The fourth-order valence-electron chi connectivity index (χ4n) is 3.40.